The van der Waals surface area contributed by atoms with Crippen LogP contribution < -0.4 is 36.3 Å². The number of amidine groups is 2. The second-order valence-corrected chi connectivity index (χ2v) is 14.0. The summed E-state index contributed by atoms with van der Waals surface area (Å²) in [5.41, 5.74) is 12.7. The summed E-state index contributed by atoms with van der Waals surface area (Å²) in [6, 6.07) is 21.1. The Morgan fingerprint density at radius 3 is 1.38 bits per heavy atom. The minimum Gasteiger partial charge on any atom is -0.494 e. The molecule has 0 saturated carbocycles. The number of amides is 4. The Balaban J connectivity index is 0.000000245. The number of hydrogen-bond donors (Lipinski definition) is 6. The van der Waals surface area contributed by atoms with Crippen molar-refractivity contribution in [1.29, 1.82) is 10.8 Å². The van der Waals surface area contributed by atoms with Gasteiger partial charge in [-0.15, -0.1) is 0 Å². The summed E-state index contributed by atoms with van der Waals surface area (Å²) in [7, 11) is 5.20. The molecule has 2 saturated heterocycles. The summed E-state index contributed by atoms with van der Waals surface area (Å²) in [6.07, 6.45) is 2.28. The van der Waals surface area contributed by atoms with Gasteiger partial charge >= 0.3 is 23.6 Å². The van der Waals surface area contributed by atoms with Crippen molar-refractivity contribution in [2.75, 3.05) is 99.9 Å². The van der Waals surface area contributed by atoms with Gasteiger partial charge in [-0.05, 0) is 93.5 Å². The van der Waals surface area contributed by atoms with E-state index < -0.39 is 23.6 Å². The molecule has 8 N–H and O–H groups in total. The Hall–Kier alpha value is -6.71. The van der Waals surface area contributed by atoms with Gasteiger partial charge in [0.15, 0.2) is 5.69 Å². The Bertz CT molecular complexity index is 1920. The summed E-state index contributed by atoms with van der Waals surface area (Å²) >= 11 is 0. The molecule has 0 aromatic heterocycles. The van der Waals surface area contributed by atoms with E-state index in [1.54, 1.807) is 84.6 Å². The molecule has 2 heterocycles. The fourth-order valence-corrected chi connectivity index (χ4v) is 5.67. The van der Waals surface area contributed by atoms with Crippen LogP contribution in [-0.2, 0) is 19.2 Å². The number of carbonyl (C=O) groups is 4. The predicted molar refractivity (Wildman–Crippen MR) is 233 cm³/mol. The van der Waals surface area contributed by atoms with Crippen LogP contribution in [-0.4, -0.2) is 155 Å². The molecule has 2 aliphatic rings. The highest BCUT2D eigenvalue weighted by Gasteiger charge is 2.30. The van der Waals surface area contributed by atoms with Crippen LogP contribution in [0.5, 0.6) is 17.2 Å². The average Bonchev–Trinajstić information content (AvgIpc) is 3.27. The van der Waals surface area contributed by atoms with E-state index in [1.165, 1.54) is 9.80 Å². The molecule has 18 heteroatoms. The first-order valence-electron chi connectivity index (χ1n) is 20.0. The van der Waals surface area contributed by atoms with Crippen LogP contribution in [0.25, 0.3) is 4.85 Å². The highest BCUT2D eigenvalue weighted by Crippen LogP contribution is 2.18. The average molecular weight is 842 g/mol. The van der Waals surface area contributed by atoms with E-state index in [-0.39, 0.29) is 11.7 Å². The standard InChI is InChI=1S/C15H20N4O3.C15H17N3O3.C13H22N4O/c1-18-8-9-19(15(21)14(18)20)7-2-10-22-12-5-3-11(4-6-12)13(16)17;1-16-12-4-6-13(7-5-12)21-11-3-8-18-10-9-17(2)14(19)15(18)20;1-16-8-9-17-7-2-10-18-12-5-3-11(4-6-12)13(14)15/h3-6H,2,7-10H2,1H3,(H3,16,17);4-7H,3,8-11H2,2H3;3-6,16-17H,2,7-10H2,1H3,(H3,14,15). The first-order valence-corrected chi connectivity index (χ1v) is 20.0. The fourth-order valence-electron chi connectivity index (χ4n) is 5.67. The van der Waals surface area contributed by atoms with Gasteiger partial charge in [0.05, 0.1) is 26.4 Å². The van der Waals surface area contributed by atoms with Crippen LogP contribution in [0.4, 0.5) is 5.69 Å². The Kier molecular flexibility index (Phi) is 21.1. The Morgan fingerprint density at radius 2 is 1.00 bits per heavy atom. The van der Waals surface area contributed by atoms with Crippen LogP contribution in [0.3, 0.4) is 0 Å². The molecule has 3 aromatic rings. The summed E-state index contributed by atoms with van der Waals surface area (Å²) < 4.78 is 16.7. The van der Waals surface area contributed by atoms with Crippen molar-refractivity contribution in [2.24, 2.45) is 11.5 Å². The number of nitrogens with one attached hydrogen (secondary N) is 4. The van der Waals surface area contributed by atoms with E-state index in [2.05, 4.69) is 15.5 Å². The quantitative estimate of drug-likeness (QED) is 0.0316. The van der Waals surface area contributed by atoms with Gasteiger partial charge < -0.3 is 55.9 Å². The van der Waals surface area contributed by atoms with Crippen LogP contribution in [0.15, 0.2) is 72.8 Å². The second-order valence-electron chi connectivity index (χ2n) is 14.0. The van der Waals surface area contributed by atoms with E-state index in [1.807, 2.05) is 19.2 Å². The summed E-state index contributed by atoms with van der Waals surface area (Å²) in [4.78, 5) is 55.9. The van der Waals surface area contributed by atoms with Crippen LogP contribution in [0.1, 0.15) is 30.4 Å². The number of likely N-dealkylation sites (N-methyl/N-ethyl adjacent to an activating group) is 3. The molecule has 0 spiro atoms. The van der Waals surface area contributed by atoms with E-state index in [9.17, 15) is 19.2 Å². The van der Waals surface area contributed by atoms with Crippen molar-refractivity contribution in [3.8, 4) is 17.2 Å². The SMILES string of the molecule is CN1CCN(CCCOc2ccc(C(=N)N)cc2)C(=O)C1=O.CNCCNCCCOc1ccc(C(=N)N)cc1.[C-]#[N+]c1ccc(OCCCN2CCN(C)C(=O)C2=O)cc1. The van der Waals surface area contributed by atoms with E-state index in [0.717, 1.165) is 37.4 Å². The zero-order valence-corrected chi connectivity index (χ0v) is 35.3. The van der Waals surface area contributed by atoms with Gasteiger partial charge in [-0.1, -0.05) is 12.1 Å². The van der Waals surface area contributed by atoms with Gasteiger partial charge in [0.1, 0.15) is 28.9 Å². The fraction of sp³-hybridized carbons (Fsp3) is 0.419. The molecule has 328 valence electrons. The summed E-state index contributed by atoms with van der Waals surface area (Å²) in [6.45, 7) is 14.7. The van der Waals surface area contributed by atoms with Crippen LogP contribution >= 0.6 is 0 Å². The van der Waals surface area contributed by atoms with Gasteiger partial charge in [0.2, 0.25) is 0 Å². The highest BCUT2D eigenvalue weighted by molar-refractivity contribution is 6.35. The van der Waals surface area contributed by atoms with Gasteiger partial charge in [-0.3, -0.25) is 30.0 Å². The van der Waals surface area contributed by atoms with Crippen molar-refractivity contribution >= 4 is 41.0 Å². The summed E-state index contributed by atoms with van der Waals surface area (Å²) in [5.74, 6) is 0.512. The number of nitrogen functional groups attached to an aromatic ring is 2. The molecule has 4 amide bonds. The maximum atomic E-state index is 11.8. The lowest BCUT2D eigenvalue weighted by atomic mass is 10.2. The van der Waals surface area contributed by atoms with E-state index in [0.29, 0.717) is 94.7 Å². The molecule has 0 atom stereocenters. The lowest BCUT2D eigenvalue weighted by Crippen LogP contribution is -2.53. The van der Waals surface area contributed by atoms with Crippen molar-refractivity contribution in [3.63, 3.8) is 0 Å². The van der Waals surface area contributed by atoms with Crippen molar-refractivity contribution in [1.82, 2.24) is 30.2 Å². The third-order valence-electron chi connectivity index (χ3n) is 9.34. The smallest absolute Gasteiger partial charge is 0.312 e. The Labute approximate surface area is 357 Å². The number of nitrogens with zero attached hydrogens (tertiary/aromatic N) is 5. The number of hydrogen-bond acceptors (Lipinski definition) is 11. The number of carbonyl (C=O) groups excluding carboxylic acids is 4. The number of piperazine rings is 2. The lowest BCUT2D eigenvalue weighted by molar-refractivity contribution is -0.155. The maximum Gasteiger partial charge on any atom is 0.312 e. The van der Waals surface area contributed by atoms with Crippen molar-refractivity contribution in [3.05, 3.63) is 95.3 Å². The van der Waals surface area contributed by atoms with E-state index >= 15 is 0 Å². The molecular formula is C43H59N11O7. The van der Waals surface area contributed by atoms with Crippen LogP contribution in [0.2, 0.25) is 0 Å². The topological polar surface area (TPSA) is 237 Å². The third kappa shape index (κ3) is 17.2. The second kappa shape index (κ2) is 26.4. The number of benzene rings is 3. The van der Waals surface area contributed by atoms with Gasteiger partial charge in [-0.2, -0.15) is 0 Å². The molecule has 0 bridgehead atoms. The Morgan fingerprint density at radius 1 is 0.607 bits per heavy atom. The van der Waals surface area contributed by atoms with Gasteiger partial charge in [0.25, 0.3) is 0 Å². The molecule has 0 radical (unpaired) electrons. The molecule has 0 unspecified atom stereocenters. The molecule has 5 rings (SSSR count). The number of nitrogens with two attached hydrogens (primary N) is 2. The molecule has 0 aliphatic carbocycles. The van der Waals surface area contributed by atoms with Gasteiger partial charge in [0, 0.05) is 77.6 Å². The highest BCUT2D eigenvalue weighted by atomic mass is 16.5. The maximum absolute atomic E-state index is 11.8. The first-order chi connectivity index (χ1) is 29.3. The van der Waals surface area contributed by atoms with Crippen LogP contribution in [0, 0.1) is 17.4 Å². The molecule has 18 nitrogen and oxygen atoms in total. The first kappa shape index (κ1) is 48.7. The largest absolute Gasteiger partial charge is 0.494 e. The van der Waals surface area contributed by atoms with Crippen molar-refractivity contribution in [2.45, 2.75) is 19.3 Å². The normalized spacial score (nSPS) is 13.7. The monoisotopic (exact) mass is 841 g/mol. The molecule has 3 aromatic carbocycles. The molecular weight excluding hydrogens is 783 g/mol. The minimum atomic E-state index is -0.452. The van der Waals surface area contributed by atoms with E-state index in [4.69, 9.17) is 43.1 Å². The van der Waals surface area contributed by atoms with Gasteiger partial charge in [-0.25, -0.2) is 4.85 Å². The number of rotatable bonds is 20. The molecule has 61 heavy (non-hydrogen) atoms. The third-order valence-corrected chi connectivity index (χ3v) is 9.34. The van der Waals surface area contributed by atoms with Crippen molar-refractivity contribution < 1.29 is 33.4 Å². The lowest BCUT2D eigenvalue weighted by Gasteiger charge is -2.31. The minimum absolute atomic E-state index is 0.0183. The zero-order valence-electron chi connectivity index (χ0n) is 35.3. The molecule has 2 aliphatic heterocycles. The summed E-state index contributed by atoms with van der Waals surface area (Å²) in [5, 5.41) is 21.0. The zero-order chi connectivity index (χ0) is 44.6. The number of ether oxygens (including phenoxy) is 3. The predicted octanol–water partition coefficient (Wildman–Crippen LogP) is 1.90. The molecule has 2 fully saturated rings.